The quantitative estimate of drug-likeness (QED) is 0.670. The Morgan fingerprint density at radius 2 is 2.42 bits per heavy atom. The van der Waals surface area contributed by atoms with Gasteiger partial charge in [-0.15, -0.1) is 0 Å². The fourth-order valence-electron chi connectivity index (χ4n) is 1.42. The van der Waals surface area contributed by atoms with Crippen molar-refractivity contribution < 1.29 is 4.79 Å². The van der Waals surface area contributed by atoms with E-state index in [2.05, 4.69) is 10.3 Å². The number of nitrogens with one attached hydrogen (secondary N) is 1. The summed E-state index contributed by atoms with van der Waals surface area (Å²) in [7, 11) is 0. The predicted molar refractivity (Wildman–Crippen MR) is 44.4 cm³/mol. The van der Waals surface area contributed by atoms with Gasteiger partial charge in [0.05, 0.1) is 11.7 Å². The lowest BCUT2D eigenvalue weighted by molar-refractivity contribution is -0.119. The standard InChI is InChI=1S/C9H10N2O/c12-9-5-4-8(11-9)7-3-1-2-6-10-7/h1-3,6,8H,4-5H2,(H,11,12). The molecule has 1 fully saturated rings. The molecule has 12 heavy (non-hydrogen) atoms. The second-order valence-corrected chi connectivity index (χ2v) is 2.91. The Hall–Kier alpha value is -1.38. The molecule has 0 aromatic carbocycles. The SMILES string of the molecule is O=C1CCC(c2ccccn2)N1. The van der Waals surface area contributed by atoms with Crippen LogP contribution in [0.1, 0.15) is 24.6 Å². The van der Waals surface area contributed by atoms with Crippen LogP contribution in [0.25, 0.3) is 0 Å². The van der Waals surface area contributed by atoms with Gasteiger partial charge in [-0.05, 0) is 18.6 Å². The van der Waals surface area contributed by atoms with Crippen molar-refractivity contribution in [1.82, 2.24) is 10.3 Å². The predicted octanol–water partition coefficient (Wildman–Crippen LogP) is 1.03. The summed E-state index contributed by atoms with van der Waals surface area (Å²) in [5.41, 5.74) is 0.961. The third-order valence-corrected chi connectivity index (χ3v) is 2.04. The van der Waals surface area contributed by atoms with Crippen molar-refractivity contribution in [3.05, 3.63) is 30.1 Å². The smallest absolute Gasteiger partial charge is 0.220 e. The number of amides is 1. The molecule has 3 nitrogen and oxygen atoms in total. The van der Waals surface area contributed by atoms with Crippen LogP contribution in [0.15, 0.2) is 24.4 Å². The Morgan fingerprint density at radius 3 is 3.00 bits per heavy atom. The Balaban J connectivity index is 2.16. The van der Waals surface area contributed by atoms with Crippen molar-refractivity contribution in [2.75, 3.05) is 0 Å². The first-order valence-corrected chi connectivity index (χ1v) is 4.06. The molecule has 1 atom stereocenters. The third kappa shape index (κ3) is 1.30. The minimum absolute atomic E-state index is 0.130. The van der Waals surface area contributed by atoms with Crippen LogP contribution in [0, 0.1) is 0 Å². The molecule has 1 aliphatic heterocycles. The van der Waals surface area contributed by atoms with Crippen LogP contribution in [0.2, 0.25) is 0 Å². The van der Waals surface area contributed by atoms with Crippen molar-refractivity contribution >= 4 is 5.91 Å². The number of pyridine rings is 1. The van der Waals surface area contributed by atoms with Crippen LogP contribution in [-0.2, 0) is 4.79 Å². The average Bonchev–Trinajstić information content (AvgIpc) is 2.54. The second-order valence-electron chi connectivity index (χ2n) is 2.91. The van der Waals surface area contributed by atoms with E-state index in [0.29, 0.717) is 6.42 Å². The summed E-state index contributed by atoms with van der Waals surface area (Å²) in [5.74, 6) is 0.130. The van der Waals surface area contributed by atoms with E-state index in [1.54, 1.807) is 6.20 Å². The van der Waals surface area contributed by atoms with Crippen molar-refractivity contribution in [3.63, 3.8) is 0 Å². The second kappa shape index (κ2) is 2.93. The molecule has 2 rings (SSSR count). The van der Waals surface area contributed by atoms with Crippen molar-refractivity contribution in [3.8, 4) is 0 Å². The monoisotopic (exact) mass is 162 g/mol. The van der Waals surface area contributed by atoms with Gasteiger partial charge in [-0.2, -0.15) is 0 Å². The topological polar surface area (TPSA) is 42.0 Å². The average molecular weight is 162 g/mol. The molecule has 1 amide bonds. The first-order valence-electron chi connectivity index (χ1n) is 4.06. The first kappa shape index (κ1) is 7.28. The van der Waals surface area contributed by atoms with Crippen molar-refractivity contribution in [2.45, 2.75) is 18.9 Å². The molecule has 3 heteroatoms. The Morgan fingerprint density at radius 1 is 1.50 bits per heavy atom. The number of rotatable bonds is 1. The number of hydrogen-bond acceptors (Lipinski definition) is 2. The first-order chi connectivity index (χ1) is 5.86. The van der Waals surface area contributed by atoms with Crippen molar-refractivity contribution in [2.24, 2.45) is 0 Å². The highest BCUT2D eigenvalue weighted by atomic mass is 16.1. The number of aromatic nitrogens is 1. The highest BCUT2D eigenvalue weighted by Gasteiger charge is 2.22. The van der Waals surface area contributed by atoms with E-state index in [9.17, 15) is 4.79 Å². The van der Waals surface area contributed by atoms with Crippen LogP contribution >= 0.6 is 0 Å². The summed E-state index contributed by atoms with van der Waals surface area (Å²) >= 11 is 0. The lowest BCUT2D eigenvalue weighted by atomic mass is 10.1. The third-order valence-electron chi connectivity index (χ3n) is 2.04. The van der Waals surface area contributed by atoms with E-state index in [1.807, 2.05) is 18.2 Å². The van der Waals surface area contributed by atoms with Gasteiger partial charge in [0.2, 0.25) is 5.91 Å². The highest BCUT2D eigenvalue weighted by molar-refractivity contribution is 5.78. The van der Waals surface area contributed by atoms with Gasteiger partial charge < -0.3 is 5.32 Å². The molecular weight excluding hydrogens is 152 g/mol. The van der Waals surface area contributed by atoms with E-state index in [1.165, 1.54) is 0 Å². The molecule has 1 saturated heterocycles. The van der Waals surface area contributed by atoms with Gasteiger partial charge in [-0.1, -0.05) is 6.07 Å². The molecule has 0 spiro atoms. The largest absolute Gasteiger partial charge is 0.348 e. The van der Waals surface area contributed by atoms with E-state index in [0.717, 1.165) is 12.1 Å². The Kier molecular flexibility index (Phi) is 1.78. The molecule has 0 bridgehead atoms. The molecule has 1 N–H and O–H groups in total. The maximum absolute atomic E-state index is 10.9. The molecule has 1 aromatic rings. The lowest BCUT2D eigenvalue weighted by Crippen LogP contribution is -2.18. The zero-order chi connectivity index (χ0) is 8.39. The van der Waals surface area contributed by atoms with Crippen LogP contribution in [0.3, 0.4) is 0 Å². The molecule has 1 unspecified atom stereocenters. The molecule has 0 radical (unpaired) electrons. The maximum Gasteiger partial charge on any atom is 0.220 e. The fraction of sp³-hybridized carbons (Fsp3) is 0.333. The van der Waals surface area contributed by atoms with Gasteiger partial charge in [-0.25, -0.2) is 0 Å². The normalized spacial score (nSPS) is 22.3. The highest BCUT2D eigenvalue weighted by Crippen LogP contribution is 2.20. The minimum atomic E-state index is 0.130. The maximum atomic E-state index is 10.9. The molecule has 1 aliphatic rings. The van der Waals surface area contributed by atoms with E-state index in [-0.39, 0.29) is 11.9 Å². The van der Waals surface area contributed by atoms with E-state index in [4.69, 9.17) is 0 Å². The summed E-state index contributed by atoms with van der Waals surface area (Å²) in [6.45, 7) is 0. The number of carbonyl (C=O) groups is 1. The summed E-state index contributed by atoms with van der Waals surface area (Å²) in [4.78, 5) is 15.1. The van der Waals surface area contributed by atoms with Crippen molar-refractivity contribution in [1.29, 1.82) is 0 Å². The van der Waals surface area contributed by atoms with Gasteiger partial charge in [0, 0.05) is 12.6 Å². The van der Waals surface area contributed by atoms with Gasteiger partial charge in [0.25, 0.3) is 0 Å². The number of hydrogen-bond donors (Lipinski definition) is 1. The van der Waals surface area contributed by atoms with Crippen LogP contribution in [-0.4, -0.2) is 10.9 Å². The van der Waals surface area contributed by atoms with E-state index < -0.39 is 0 Å². The van der Waals surface area contributed by atoms with Gasteiger partial charge in [0.1, 0.15) is 0 Å². The molecular formula is C9H10N2O. The van der Waals surface area contributed by atoms with Crippen LogP contribution in [0.5, 0.6) is 0 Å². The van der Waals surface area contributed by atoms with Gasteiger partial charge >= 0.3 is 0 Å². The molecule has 2 heterocycles. The zero-order valence-corrected chi connectivity index (χ0v) is 6.66. The lowest BCUT2D eigenvalue weighted by Gasteiger charge is -2.07. The Labute approximate surface area is 70.8 Å². The molecule has 0 aliphatic carbocycles. The number of carbonyl (C=O) groups excluding carboxylic acids is 1. The zero-order valence-electron chi connectivity index (χ0n) is 6.66. The fourth-order valence-corrected chi connectivity index (χ4v) is 1.42. The van der Waals surface area contributed by atoms with Gasteiger partial charge in [0.15, 0.2) is 0 Å². The summed E-state index contributed by atoms with van der Waals surface area (Å²) in [6, 6.07) is 5.89. The summed E-state index contributed by atoms with van der Waals surface area (Å²) in [5, 5.41) is 2.87. The Bertz CT molecular complexity index is 284. The van der Waals surface area contributed by atoms with Crippen LogP contribution < -0.4 is 5.32 Å². The molecule has 1 aromatic heterocycles. The minimum Gasteiger partial charge on any atom is -0.348 e. The van der Waals surface area contributed by atoms with E-state index >= 15 is 0 Å². The summed E-state index contributed by atoms with van der Waals surface area (Å²) < 4.78 is 0. The molecule has 0 saturated carbocycles. The van der Waals surface area contributed by atoms with Crippen LogP contribution in [0.4, 0.5) is 0 Å². The molecule has 62 valence electrons. The van der Waals surface area contributed by atoms with Gasteiger partial charge in [-0.3, -0.25) is 9.78 Å². The number of nitrogens with zero attached hydrogens (tertiary/aromatic N) is 1. The summed E-state index contributed by atoms with van der Waals surface area (Å²) in [6.07, 6.45) is 3.25.